The lowest BCUT2D eigenvalue weighted by Crippen LogP contribution is -2.48. The largest absolute Gasteiger partial charge is 0.478 e. The number of morpholine rings is 1. The van der Waals surface area contributed by atoms with Crippen molar-refractivity contribution in [2.75, 3.05) is 17.8 Å². The van der Waals surface area contributed by atoms with E-state index in [0.717, 1.165) is 6.07 Å². The summed E-state index contributed by atoms with van der Waals surface area (Å²) in [6, 6.07) is 10.2. The van der Waals surface area contributed by atoms with E-state index >= 15 is 0 Å². The zero-order valence-corrected chi connectivity index (χ0v) is 17.8. The van der Waals surface area contributed by atoms with E-state index in [-0.39, 0.29) is 39.8 Å². The molecule has 1 heterocycles. The normalized spacial score (nSPS) is 19.4. The number of hydrogen-bond donors (Lipinski definition) is 2. The standard InChI is InChI=1S/C21H24N2O6S/c1-13-8-9-16(21(25)26)10-19(13)30(27,28)22-18-7-5-4-6-17(18)20(24)23-11-14(2)29-15(3)12-23/h4-10,14-15,22H,11-12H2,1-3H3,(H,25,26)/t14-,15+. The van der Waals surface area contributed by atoms with Gasteiger partial charge in [0.1, 0.15) is 0 Å². The molecule has 0 spiro atoms. The van der Waals surface area contributed by atoms with Gasteiger partial charge in [-0.25, -0.2) is 13.2 Å². The molecule has 0 saturated carbocycles. The third-order valence-electron chi connectivity index (χ3n) is 4.83. The number of para-hydroxylation sites is 1. The van der Waals surface area contributed by atoms with E-state index in [4.69, 9.17) is 4.74 Å². The van der Waals surface area contributed by atoms with Crippen LogP contribution in [0.5, 0.6) is 0 Å². The molecule has 0 bridgehead atoms. The molecule has 2 aromatic rings. The highest BCUT2D eigenvalue weighted by Crippen LogP contribution is 2.25. The summed E-state index contributed by atoms with van der Waals surface area (Å²) in [4.78, 5) is 25.8. The highest BCUT2D eigenvalue weighted by molar-refractivity contribution is 7.92. The Labute approximate surface area is 175 Å². The van der Waals surface area contributed by atoms with E-state index in [2.05, 4.69) is 4.72 Å². The second kappa shape index (κ2) is 8.45. The van der Waals surface area contributed by atoms with Crippen LogP contribution in [0.4, 0.5) is 5.69 Å². The maximum Gasteiger partial charge on any atom is 0.335 e. The molecular formula is C21H24N2O6S. The molecule has 160 valence electrons. The number of carboxylic acids is 1. The lowest BCUT2D eigenvalue weighted by Gasteiger charge is -2.35. The van der Waals surface area contributed by atoms with Crippen LogP contribution in [-0.4, -0.2) is 55.6 Å². The SMILES string of the molecule is Cc1ccc(C(=O)O)cc1S(=O)(=O)Nc1ccccc1C(=O)N1C[C@@H](C)O[C@@H](C)C1. The Morgan fingerprint density at radius 3 is 2.37 bits per heavy atom. The van der Waals surface area contributed by atoms with Crippen LogP contribution in [0, 0.1) is 6.92 Å². The molecule has 3 rings (SSSR count). The van der Waals surface area contributed by atoms with Crippen LogP contribution in [0.3, 0.4) is 0 Å². The number of nitrogens with zero attached hydrogens (tertiary/aromatic N) is 1. The number of aromatic carboxylic acids is 1. The van der Waals surface area contributed by atoms with Gasteiger partial charge < -0.3 is 14.7 Å². The number of benzene rings is 2. The molecule has 1 saturated heterocycles. The average molecular weight is 432 g/mol. The van der Waals surface area contributed by atoms with Crippen LogP contribution >= 0.6 is 0 Å². The minimum absolute atomic E-state index is 0.122. The summed E-state index contributed by atoms with van der Waals surface area (Å²) >= 11 is 0. The molecule has 0 unspecified atom stereocenters. The number of hydrogen-bond acceptors (Lipinski definition) is 5. The summed E-state index contributed by atoms with van der Waals surface area (Å²) in [5.41, 5.74) is 0.609. The predicted molar refractivity (Wildman–Crippen MR) is 111 cm³/mol. The van der Waals surface area contributed by atoms with Gasteiger partial charge in [-0.1, -0.05) is 18.2 Å². The summed E-state index contributed by atoms with van der Waals surface area (Å²) < 4.78 is 34.1. The number of nitrogens with one attached hydrogen (secondary N) is 1. The molecule has 30 heavy (non-hydrogen) atoms. The van der Waals surface area contributed by atoms with Gasteiger partial charge in [0.05, 0.1) is 33.9 Å². The first-order valence-electron chi connectivity index (χ1n) is 9.49. The Hall–Kier alpha value is -2.91. The van der Waals surface area contributed by atoms with Crippen LogP contribution in [0.2, 0.25) is 0 Å². The summed E-state index contributed by atoms with van der Waals surface area (Å²) in [6.07, 6.45) is -0.245. The molecule has 0 aromatic heterocycles. The molecule has 0 radical (unpaired) electrons. The number of carboxylic acid groups (broad SMARTS) is 1. The zero-order chi connectivity index (χ0) is 22.1. The molecule has 1 fully saturated rings. The number of rotatable bonds is 5. The monoisotopic (exact) mass is 432 g/mol. The van der Waals surface area contributed by atoms with Gasteiger partial charge in [0.2, 0.25) is 0 Å². The Morgan fingerprint density at radius 2 is 1.73 bits per heavy atom. The molecule has 2 N–H and O–H groups in total. The first-order valence-corrected chi connectivity index (χ1v) is 11.0. The molecule has 2 aromatic carbocycles. The number of amides is 1. The van der Waals surface area contributed by atoms with Gasteiger partial charge >= 0.3 is 5.97 Å². The van der Waals surface area contributed by atoms with Crippen molar-refractivity contribution in [2.45, 2.75) is 37.9 Å². The fraction of sp³-hybridized carbons (Fsp3) is 0.333. The van der Waals surface area contributed by atoms with Crippen LogP contribution < -0.4 is 4.72 Å². The Balaban J connectivity index is 1.94. The molecule has 1 aliphatic rings. The minimum atomic E-state index is -4.12. The van der Waals surface area contributed by atoms with Crippen molar-refractivity contribution >= 4 is 27.6 Å². The van der Waals surface area contributed by atoms with E-state index in [1.807, 2.05) is 13.8 Å². The van der Waals surface area contributed by atoms with Crippen molar-refractivity contribution < 1.29 is 27.9 Å². The quantitative estimate of drug-likeness (QED) is 0.751. The van der Waals surface area contributed by atoms with Crippen LogP contribution in [0.1, 0.15) is 40.1 Å². The third-order valence-corrected chi connectivity index (χ3v) is 6.34. The number of carbonyl (C=O) groups excluding carboxylic acids is 1. The fourth-order valence-electron chi connectivity index (χ4n) is 3.50. The van der Waals surface area contributed by atoms with Gasteiger partial charge in [-0.3, -0.25) is 9.52 Å². The topological polar surface area (TPSA) is 113 Å². The molecule has 1 amide bonds. The van der Waals surface area contributed by atoms with Crippen molar-refractivity contribution in [1.29, 1.82) is 0 Å². The smallest absolute Gasteiger partial charge is 0.335 e. The molecule has 1 aliphatic heterocycles. The van der Waals surface area contributed by atoms with E-state index < -0.39 is 16.0 Å². The van der Waals surface area contributed by atoms with Crippen LogP contribution in [0.15, 0.2) is 47.4 Å². The first kappa shape index (κ1) is 21.8. The van der Waals surface area contributed by atoms with Gasteiger partial charge in [-0.2, -0.15) is 0 Å². The summed E-state index contributed by atoms with van der Waals surface area (Å²) in [7, 11) is -4.12. The molecular weight excluding hydrogens is 408 g/mol. The predicted octanol–water partition coefficient (Wildman–Crippen LogP) is 2.74. The van der Waals surface area contributed by atoms with Gasteiger partial charge in [0.15, 0.2) is 0 Å². The highest BCUT2D eigenvalue weighted by Gasteiger charge is 2.29. The lowest BCUT2D eigenvalue weighted by atomic mass is 10.1. The second-order valence-corrected chi connectivity index (χ2v) is 9.05. The number of sulfonamides is 1. The third kappa shape index (κ3) is 4.63. The minimum Gasteiger partial charge on any atom is -0.478 e. The summed E-state index contributed by atoms with van der Waals surface area (Å²) in [6.45, 7) is 6.15. The Morgan fingerprint density at radius 1 is 1.10 bits per heavy atom. The summed E-state index contributed by atoms with van der Waals surface area (Å²) in [5.74, 6) is -1.52. The van der Waals surface area contributed by atoms with Crippen molar-refractivity contribution in [1.82, 2.24) is 4.90 Å². The van der Waals surface area contributed by atoms with Crippen molar-refractivity contribution in [3.63, 3.8) is 0 Å². The van der Waals surface area contributed by atoms with E-state index in [1.165, 1.54) is 18.2 Å². The molecule has 8 nitrogen and oxygen atoms in total. The van der Waals surface area contributed by atoms with E-state index in [9.17, 15) is 23.1 Å². The number of aryl methyl sites for hydroxylation is 1. The molecule has 0 aliphatic carbocycles. The number of ether oxygens (including phenoxy) is 1. The number of anilines is 1. The van der Waals surface area contributed by atoms with Gasteiger partial charge in [-0.15, -0.1) is 0 Å². The van der Waals surface area contributed by atoms with Gasteiger partial charge in [0, 0.05) is 13.1 Å². The maximum absolute atomic E-state index is 13.1. The lowest BCUT2D eigenvalue weighted by molar-refractivity contribution is -0.0585. The fourth-order valence-corrected chi connectivity index (χ4v) is 4.85. The highest BCUT2D eigenvalue weighted by atomic mass is 32.2. The van der Waals surface area contributed by atoms with Gasteiger partial charge in [-0.05, 0) is 50.6 Å². The second-order valence-electron chi connectivity index (χ2n) is 7.40. The zero-order valence-electron chi connectivity index (χ0n) is 17.0. The number of carbonyl (C=O) groups is 2. The van der Waals surface area contributed by atoms with Crippen molar-refractivity contribution in [3.8, 4) is 0 Å². The Kier molecular flexibility index (Phi) is 6.14. The van der Waals surface area contributed by atoms with E-state index in [1.54, 1.807) is 30.0 Å². The van der Waals surface area contributed by atoms with Crippen LogP contribution in [0.25, 0.3) is 0 Å². The molecule has 9 heteroatoms. The summed E-state index contributed by atoms with van der Waals surface area (Å²) in [5, 5.41) is 9.18. The average Bonchev–Trinajstić information content (AvgIpc) is 2.66. The first-order chi connectivity index (χ1) is 14.1. The van der Waals surface area contributed by atoms with Crippen LogP contribution in [-0.2, 0) is 14.8 Å². The van der Waals surface area contributed by atoms with E-state index in [0.29, 0.717) is 18.7 Å². The van der Waals surface area contributed by atoms with Crippen molar-refractivity contribution in [2.24, 2.45) is 0 Å². The Bertz CT molecular complexity index is 1070. The maximum atomic E-state index is 13.1. The van der Waals surface area contributed by atoms with Gasteiger partial charge in [0.25, 0.3) is 15.9 Å². The molecule has 2 atom stereocenters. The van der Waals surface area contributed by atoms with Crippen molar-refractivity contribution in [3.05, 3.63) is 59.2 Å².